The number of likely N-dealkylation sites (tertiary alicyclic amines) is 2. The van der Waals surface area contributed by atoms with Gasteiger partial charge in [-0.1, -0.05) is 13.8 Å². The van der Waals surface area contributed by atoms with Gasteiger partial charge in [0, 0.05) is 39.3 Å². The van der Waals surface area contributed by atoms with Crippen LogP contribution in [0.15, 0.2) is 4.99 Å². The number of hydrogen-bond acceptors (Lipinski definition) is 4. The van der Waals surface area contributed by atoms with E-state index in [4.69, 9.17) is 9.73 Å². The first-order valence-electron chi connectivity index (χ1n) is 10.4. The van der Waals surface area contributed by atoms with Crippen LogP contribution in [-0.4, -0.2) is 74.7 Å². The van der Waals surface area contributed by atoms with Crippen molar-refractivity contribution < 1.29 is 9.53 Å². The summed E-state index contributed by atoms with van der Waals surface area (Å²) in [5, 5.41) is 3.44. The molecule has 2 aliphatic rings. The minimum Gasteiger partial charge on any atom is -0.469 e. The highest BCUT2D eigenvalue weighted by Crippen LogP contribution is 2.20. The van der Waals surface area contributed by atoms with Gasteiger partial charge in [0.15, 0.2) is 5.96 Å². The van der Waals surface area contributed by atoms with Crippen molar-refractivity contribution in [1.82, 2.24) is 15.1 Å². The second-order valence-corrected chi connectivity index (χ2v) is 8.14. The highest BCUT2D eigenvalue weighted by molar-refractivity contribution is 5.80. The Morgan fingerprint density at radius 1 is 1.23 bits per heavy atom. The lowest BCUT2D eigenvalue weighted by Crippen LogP contribution is -2.47. The predicted molar refractivity (Wildman–Crippen MR) is 106 cm³/mol. The molecule has 0 amide bonds. The molecule has 1 atom stereocenters. The van der Waals surface area contributed by atoms with Crippen molar-refractivity contribution >= 4 is 11.9 Å². The molecule has 2 saturated heterocycles. The van der Waals surface area contributed by atoms with Crippen molar-refractivity contribution in [3.8, 4) is 0 Å². The molecule has 1 unspecified atom stereocenters. The average molecular weight is 367 g/mol. The Bertz CT molecular complexity index is 459. The van der Waals surface area contributed by atoms with Gasteiger partial charge in [0.2, 0.25) is 0 Å². The van der Waals surface area contributed by atoms with Crippen LogP contribution in [-0.2, 0) is 9.53 Å². The van der Waals surface area contributed by atoms with E-state index in [2.05, 4.69) is 35.9 Å². The van der Waals surface area contributed by atoms with Crippen molar-refractivity contribution in [2.24, 2.45) is 22.7 Å². The Morgan fingerprint density at radius 3 is 2.58 bits per heavy atom. The van der Waals surface area contributed by atoms with Crippen molar-refractivity contribution in [1.29, 1.82) is 0 Å². The maximum Gasteiger partial charge on any atom is 0.308 e. The number of ether oxygens (including phenoxy) is 1. The topological polar surface area (TPSA) is 57.2 Å². The number of rotatable bonds is 6. The van der Waals surface area contributed by atoms with Crippen LogP contribution >= 0.6 is 0 Å². The number of guanidine groups is 1. The average Bonchev–Trinajstić information content (AvgIpc) is 2.64. The van der Waals surface area contributed by atoms with Crippen molar-refractivity contribution in [3.05, 3.63) is 0 Å². The van der Waals surface area contributed by atoms with Crippen LogP contribution in [0.1, 0.15) is 46.5 Å². The zero-order valence-corrected chi connectivity index (χ0v) is 17.2. The number of carbonyl (C=O) groups excluding carboxylic acids is 1. The van der Waals surface area contributed by atoms with Crippen LogP contribution in [0.4, 0.5) is 0 Å². The molecular formula is C20H38N4O2. The van der Waals surface area contributed by atoms with Crippen molar-refractivity contribution in [3.63, 3.8) is 0 Å². The Morgan fingerprint density at radius 2 is 1.96 bits per heavy atom. The number of aliphatic imine (C=N–C) groups is 1. The Balaban J connectivity index is 1.87. The molecule has 0 aliphatic carbocycles. The second kappa shape index (κ2) is 10.8. The minimum absolute atomic E-state index is 0.0436. The van der Waals surface area contributed by atoms with Crippen LogP contribution < -0.4 is 5.32 Å². The molecule has 0 radical (unpaired) electrons. The van der Waals surface area contributed by atoms with E-state index >= 15 is 0 Å². The fourth-order valence-corrected chi connectivity index (χ4v) is 4.12. The van der Waals surface area contributed by atoms with Gasteiger partial charge in [0.05, 0.1) is 13.0 Å². The summed E-state index contributed by atoms with van der Waals surface area (Å²) < 4.78 is 4.89. The highest BCUT2D eigenvalue weighted by atomic mass is 16.5. The van der Waals surface area contributed by atoms with Gasteiger partial charge >= 0.3 is 5.97 Å². The van der Waals surface area contributed by atoms with Crippen LogP contribution in [0.5, 0.6) is 0 Å². The summed E-state index contributed by atoms with van der Waals surface area (Å²) in [5.74, 6) is 2.37. The van der Waals surface area contributed by atoms with E-state index < -0.39 is 0 Å². The van der Waals surface area contributed by atoms with Crippen LogP contribution in [0.25, 0.3) is 0 Å². The molecule has 0 aromatic heterocycles. The number of hydrogen-bond donors (Lipinski definition) is 1. The summed E-state index contributed by atoms with van der Waals surface area (Å²) in [5.41, 5.74) is 0. The smallest absolute Gasteiger partial charge is 0.308 e. The van der Waals surface area contributed by atoms with Gasteiger partial charge in [-0.3, -0.25) is 9.79 Å². The van der Waals surface area contributed by atoms with Crippen molar-refractivity contribution in [2.45, 2.75) is 46.5 Å². The molecule has 2 aliphatic heterocycles. The van der Waals surface area contributed by atoms with Gasteiger partial charge < -0.3 is 19.9 Å². The number of piperidine rings is 2. The lowest BCUT2D eigenvalue weighted by molar-refractivity contribution is -0.146. The highest BCUT2D eigenvalue weighted by Gasteiger charge is 2.27. The van der Waals surface area contributed by atoms with E-state index in [0.29, 0.717) is 5.92 Å². The van der Waals surface area contributed by atoms with E-state index in [1.165, 1.54) is 39.6 Å². The van der Waals surface area contributed by atoms with Gasteiger partial charge in [-0.15, -0.1) is 0 Å². The molecule has 1 N–H and O–H groups in total. The number of esters is 1. The Labute approximate surface area is 159 Å². The lowest BCUT2D eigenvalue weighted by atomic mass is 9.97. The number of nitrogens with zero attached hydrogens (tertiary/aromatic N) is 3. The zero-order valence-electron chi connectivity index (χ0n) is 17.2. The molecule has 150 valence electrons. The molecule has 2 heterocycles. The summed E-state index contributed by atoms with van der Waals surface area (Å²) in [7, 11) is 1.48. The first-order chi connectivity index (χ1) is 12.5. The molecule has 0 bridgehead atoms. The molecule has 2 fully saturated rings. The monoisotopic (exact) mass is 366 g/mol. The van der Waals surface area contributed by atoms with Crippen LogP contribution in [0.3, 0.4) is 0 Å². The number of nitrogens with one attached hydrogen (secondary N) is 1. The lowest BCUT2D eigenvalue weighted by Gasteiger charge is -2.35. The maximum absolute atomic E-state index is 11.7. The third kappa shape index (κ3) is 6.45. The van der Waals surface area contributed by atoms with Crippen molar-refractivity contribution in [2.75, 3.05) is 52.9 Å². The third-order valence-corrected chi connectivity index (χ3v) is 5.39. The predicted octanol–water partition coefficient (Wildman–Crippen LogP) is 2.20. The summed E-state index contributed by atoms with van der Waals surface area (Å²) in [6.45, 7) is 13.8. The molecule has 0 saturated carbocycles. The standard InChI is InChI=1S/C20H38N4O2/c1-5-21-20(24-11-8-18(9-12-24)19(25)26-4)22-13-17-7-6-10-23(15-17)14-16(2)3/h16-18H,5-15H2,1-4H3,(H,21,22). The maximum atomic E-state index is 11.7. The summed E-state index contributed by atoms with van der Waals surface area (Å²) in [4.78, 5) is 21.6. The van der Waals surface area contributed by atoms with Gasteiger partial charge in [0.25, 0.3) is 0 Å². The first kappa shape index (κ1) is 21.0. The van der Waals surface area contributed by atoms with E-state index in [9.17, 15) is 4.79 Å². The molecule has 0 aromatic rings. The zero-order chi connectivity index (χ0) is 18.9. The molecule has 0 aromatic carbocycles. The molecule has 6 heteroatoms. The van der Waals surface area contributed by atoms with Gasteiger partial charge in [-0.05, 0) is 51.0 Å². The largest absolute Gasteiger partial charge is 0.469 e. The number of carbonyl (C=O) groups is 1. The summed E-state index contributed by atoms with van der Waals surface area (Å²) >= 11 is 0. The number of methoxy groups -OCH3 is 1. The molecule has 0 spiro atoms. The molecule has 6 nitrogen and oxygen atoms in total. The third-order valence-electron chi connectivity index (χ3n) is 5.39. The quantitative estimate of drug-likeness (QED) is 0.444. The minimum atomic E-state index is -0.0703. The van der Waals surface area contributed by atoms with E-state index in [0.717, 1.165) is 50.9 Å². The normalized spacial score (nSPS) is 23.3. The van der Waals surface area contributed by atoms with E-state index in [1.807, 2.05) is 0 Å². The summed E-state index contributed by atoms with van der Waals surface area (Å²) in [6.07, 6.45) is 4.27. The van der Waals surface area contributed by atoms with Gasteiger partial charge in [0.1, 0.15) is 0 Å². The Hall–Kier alpha value is -1.30. The van der Waals surface area contributed by atoms with E-state index in [1.54, 1.807) is 0 Å². The molecule has 26 heavy (non-hydrogen) atoms. The fourth-order valence-electron chi connectivity index (χ4n) is 4.12. The van der Waals surface area contributed by atoms with Gasteiger partial charge in [-0.25, -0.2) is 0 Å². The van der Waals surface area contributed by atoms with Crippen LogP contribution in [0.2, 0.25) is 0 Å². The Kier molecular flexibility index (Phi) is 8.69. The van der Waals surface area contributed by atoms with Crippen LogP contribution in [0, 0.1) is 17.8 Å². The second-order valence-electron chi connectivity index (χ2n) is 8.14. The SMILES string of the molecule is CCNC(=NCC1CCCN(CC(C)C)C1)N1CCC(C(=O)OC)CC1. The van der Waals surface area contributed by atoms with E-state index in [-0.39, 0.29) is 11.9 Å². The molecule has 2 rings (SSSR count). The van der Waals surface area contributed by atoms with Gasteiger partial charge in [-0.2, -0.15) is 0 Å². The molecular weight excluding hydrogens is 328 g/mol. The fraction of sp³-hybridized carbons (Fsp3) is 0.900. The summed E-state index contributed by atoms with van der Waals surface area (Å²) in [6, 6.07) is 0. The first-order valence-corrected chi connectivity index (χ1v) is 10.4.